The maximum Gasteiger partial charge on any atom is 0.250 e. The first-order valence-electron chi connectivity index (χ1n) is 5.81. The van der Waals surface area contributed by atoms with Gasteiger partial charge in [0.05, 0.1) is 24.2 Å². The van der Waals surface area contributed by atoms with Gasteiger partial charge in [-0.15, -0.1) is 0 Å². The lowest BCUT2D eigenvalue weighted by atomic mass is 9.61. The Kier molecular flexibility index (Phi) is 2.62. The van der Waals surface area contributed by atoms with Gasteiger partial charge in [-0.3, -0.25) is 4.79 Å². The van der Waals surface area contributed by atoms with Crippen LogP contribution >= 0.6 is 0 Å². The molecule has 4 rings (SSSR count). The van der Waals surface area contributed by atoms with Gasteiger partial charge in [0.15, 0.2) is 0 Å². The molecule has 0 spiro atoms. The van der Waals surface area contributed by atoms with Gasteiger partial charge in [0.2, 0.25) is 0 Å². The number of hydrogen-bond acceptors (Lipinski definition) is 3. The summed E-state index contributed by atoms with van der Waals surface area (Å²) in [6.45, 7) is 6.82. The first-order chi connectivity index (χ1) is 7.62. The highest BCUT2D eigenvalue weighted by Crippen LogP contribution is 2.57. The first-order valence-corrected chi connectivity index (χ1v) is 5.81. The number of nitrogens with zero attached hydrogens (tertiary/aromatic N) is 1. The predicted molar refractivity (Wildman–Crippen MR) is 61.5 cm³/mol. The standard InChI is InChI=1S/C10H12N2O2.C2H6/c1-9-3-10(4-9,5-14-9)7-2-8(13)12-6-11-7;1-2/h2,6H,3-5H2,1H3,(H,11,12,13);1-2H3. The summed E-state index contributed by atoms with van der Waals surface area (Å²) in [5, 5.41) is 0. The van der Waals surface area contributed by atoms with Crippen LogP contribution in [0.4, 0.5) is 0 Å². The lowest BCUT2D eigenvalue weighted by molar-refractivity contribution is 0.0153. The number of rotatable bonds is 1. The molecule has 1 aromatic rings. The maximum absolute atomic E-state index is 11.1. The monoisotopic (exact) mass is 222 g/mol. The third-order valence-electron chi connectivity index (χ3n) is 3.34. The van der Waals surface area contributed by atoms with Gasteiger partial charge >= 0.3 is 0 Å². The molecular weight excluding hydrogens is 204 g/mol. The third kappa shape index (κ3) is 1.57. The van der Waals surface area contributed by atoms with E-state index < -0.39 is 0 Å². The fraction of sp³-hybridized carbons (Fsp3) is 0.667. The zero-order chi connectivity index (χ0) is 11.8. The normalized spacial score (nSPS) is 34.9. The van der Waals surface area contributed by atoms with Crippen LogP contribution in [-0.4, -0.2) is 22.2 Å². The average molecular weight is 222 g/mol. The van der Waals surface area contributed by atoms with Gasteiger partial charge in [-0.1, -0.05) is 13.8 Å². The lowest BCUT2D eigenvalue weighted by Crippen LogP contribution is -2.45. The second-order valence-corrected chi connectivity index (χ2v) is 4.67. The summed E-state index contributed by atoms with van der Waals surface area (Å²) in [7, 11) is 0. The number of ether oxygens (including phenoxy) is 1. The summed E-state index contributed by atoms with van der Waals surface area (Å²) >= 11 is 0. The number of nitrogens with one attached hydrogen (secondary N) is 1. The van der Waals surface area contributed by atoms with Gasteiger partial charge in [0, 0.05) is 11.5 Å². The topological polar surface area (TPSA) is 55.0 Å². The second-order valence-electron chi connectivity index (χ2n) is 4.67. The van der Waals surface area contributed by atoms with E-state index in [1.165, 1.54) is 6.33 Å². The Bertz CT molecular complexity index is 433. The molecule has 3 fully saturated rings. The van der Waals surface area contributed by atoms with Crippen LogP contribution in [0.3, 0.4) is 0 Å². The summed E-state index contributed by atoms with van der Waals surface area (Å²) in [5.74, 6) is 0. The van der Waals surface area contributed by atoms with Crippen LogP contribution in [-0.2, 0) is 10.2 Å². The molecule has 2 bridgehead atoms. The van der Waals surface area contributed by atoms with E-state index in [1.807, 2.05) is 13.8 Å². The molecule has 1 N–H and O–H groups in total. The summed E-state index contributed by atoms with van der Waals surface area (Å²) in [4.78, 5) is 17.9. The summed E-state index contributed by atoms with van der Waals surface area (Å²) in [6.07, 6.45) is 3.47. The number of aromatic nitrogens is 2. The smallest absolute Gasteiger partial charge is 0.250 e. The third-order valence-corrected chi connectivity index (χ3v) is 3.34. The van der Waals surface area contributed by atoms with Crippen molar-refractivity contribution >= 4 is 0 Å². The Labute approximate surface area is 95.1 Å². The molecule has 0 amide bonds. The van der Waals surface area contributed by atoms with Crippen molar-refractivity contribution in [3.63, 3.8) is 0 Å². The van der Waals surface area contributed by atoms with Crippen LogP contribution in [0.5, 0.6) is 0 Å². The van der Waals surface area contributed by atoms with Gasteiger partial charge in [-0.25, -0.2) is 4.98 Å². The quantitative estimate of drug-likeness (QED) is 0.785. The summed E-state index contributed by atoms with van der Waals surface area (Å²) in [6, 6.07) is 1.59. The molecule has 88 valence electrons. The summed E-state index contributed by atoms with van der Waals surface area (Å²) in [5.41, 5.74) is 0.883. The minimum Gasteiger partial charge on any atom is -0.374 e. The molecule has 3 heterocycles. The van der Waals surface area contributed by atoms with Gasteiger partial charge in [0.25, 0.3) is 5.56 Å². The van der Waals surface area contributed by atoms with E-state index in [9.17, 15) is 4.79 Å². The number of hydrogen-bond donors (Lipinski definition) is 1. The lowest BCUT2D eigenvalue weighted by Gasteiger charge is -2.41. The summed E-state index contributed by atoms with van der Waals surface area (Å²) < 4.78 is 5.66. The minimum absolute atomic E-state index is 0.0308. The molecule has 2 aliphatic heterocycles. The Morgan fingerprint density at radius 3 is 2.62 bits per heavy atom. The molecule has 0 atom stereocenters. The second kappa shape index (κ2) is 3.70. The van der Waals surface area contributed by atoms with Crippen molar-refractivity contribution in [2.75, 3.05) is 6.61 Å². The minimum atomic E-state index is -0.0788. The molecule has 1 aliphatic carbocycles. The Balaban J connectivity index is 0.000000457. The predicted octanol–water partition coefficient (Wildman–Crippen LogP) is 1.62. The average Bonchev–Trinajstić information content (AvgIpc) is 2.75. The van der Waals surface area contributed by atoms with Crippen molar-refractivity contribution in [3.05, 3.63) is 28.4 Å². The van der Waals surface area contributed by atoms with E-state index in [4.69, 9.17) is 4.74 Å². The molecule has 4 nitrogen and oxygen atoms in total. The first kappa shape index (κ1) is 11.3. The molecule has 0 unspecified atom stereocenters. The van der Waals surface area contributed by atoms with Crippen LogP contribution in [0.2, 0.25) is 0 Å². The van der Waals surface area contributed by atoms with Crippen molar-refractivity contribution in [1.29, 1.82) is 0 Å². The number of aromatic amines is 1. The molecule has 16 heavy (non-hydrogen) atoms. The van der Waals surface area contributed by atoms with Crippen molar-refractivity contribution in [2.24, 2.45) is 0 Å². The fourth-order valence-corrected chi connectivity index (χ4v) is 2.81. The van der Waals surface area contributed by atoms with E-state index in [0.717, 1.165) is 18.5 Å². The van der Waals surface area contributed by atoms with Gasteiger partial charge < -0.3 is 9.72 Å². The van der Waals surface area contributed by atoms with E-state index in [-0.39, 0.29) is 16.6 Å². The molecule has 1 aromatic heterocycles. The highest BCUT2D eigenvalue weighted by molar-refractivity contribution is 5.27. The van der Waals surface area contributed by atoms with Crippen molar-refractivity contribution < 1.29 is 4.74 Å². The van der Waals surface area contributed by atoms with Gasteiger partial charge in [-0.05, 0) is 19.8 Å². The fourth-order valence-electron chi connectivity index (χ4n) is 2.81. The Morgan fingerprint density at radius 1 is 1.44 bits per heavy atom. The van der Waals surface area contributed by atoms with Gasteiger partial charge in [0.1, 0.15) is 0 Å². The van der Waals surface area contributed by atoms with E-state index in [1.54, 1.807) is 6.07 Å². The molecule has 4 heteroatoms. The van der Waals surface area contributed by atoms with Gasteiger partial charge in [-0.2, -0.15) is 0 Å². The van der Waals surface area contributed by atoms with Crippen molar-refractivity contribution in [3.8, 4) is 0 Å². The highest BCUT2D eigenvalue weighted by Gasteiger charge is 2.61. The van der Waals surface area contributed by atoms with Crippen LogP contribution < -0.4 is 5.56 Å². The number of fused-ring (bicyclic) bond motifs is 1. The molecule has 2 saturated heterocycles. The molecular formula is C12H18N2O2. The van der Waals surface area contributed by atoms with Crippen LogP contribution in [0.15, 0.2) is 17.2 Å². The van der Waals surface area contributed by atoms with E-state index >= 15 is 0 Å². The highest BCUT2D eigenvalue weighted by atomic mass is 16.5. The Morgan fingerprint density at radius 2 is 2.12 bits per heavy atom. The number of H-pyrrole nitrogens is 1. The van der Waals surface area contributed by atoms with Crippen LogP contribution in [0.25, 0.3) is 0 Å². The zero-order valence-electron chi connectivity index (χ0n) is 10.0. The molecule has 3 aliphatic rings. The van der Waals surface area contributed by atoms with E-state index in [2.05, 4.69) is 16.9 Å². The van der Waals surface area contributed by atoms with E-state index in [0.29, 0.717) is 6.61 Å². The molecule has 0 radical (unpaired) electrons. The SMILES string of the molecule is CC.CC12CC(c3cc(=O)[nH]cn3)(CO1)C2. The van der Waals surface area contributed by atoms with Crippen molar-refractivity contribution in [2.45, 2.75) is 44.6 Å². The van der Waals surface area contributed by atoms with Crippen molar-refractivity contribution in [1.82, 2.24) is 9.97 Å². The zero-order valence-corrected chi connectivity index (χ0v) is 10.0. The van der Waals surface area contributed by atoms with Crippen LogP contribution in [0, 0.1) is 0 Å². The van der Waals surface area contributed by atoms with Crippen LogP contribution in [0.1, 0.15) is 39.3 Å². The molecule has 0 aromatic carbocycles. The molecule has 1 saturated carbocycles. The maximum atomic E-state index is 11.1. The Hall–Kier alpha value is -1.16. The largest absolute Gasteiger partial charge is 0.374 e.